The minimum Gasteiger partial charge on any atom is -0.478 e. The third kappa shape index (κ3) is 4.11. The number of nitrogens with zero attached hydrogens (tertiary/aromatic N) is 1. The third-order valence-electron chi connectivity index (χ3n) is 4.08. The van der Waals surface area contributed by atoms with Crippen molar-refractivity contribution in [1.29, 1.82) is 0 Å². The highest BCUT2D eigenvalue weighted by Gasteiger charge is 2.27. The van der Waals surface area contributed by atoms with Crippen LogP contribution in [0.4, 0.5) is 11.4 Å². The number of carbonyl (C=O) groups excluding carboxylic acids is 2. The maximum absolute atomic E-state index is 12.5. The van der Waals surface area contributed by atoms with Gasteiger partial charge in [-0.2, -0.15) is 0 Å². The Morgan fingerprint density at radius 1 is 1.38 bits per heavy atom. The molecule has 1 aliphatic heterocycles. The molecule has 7 nitrogen and oxygen atoms in total. The van der Waals surface area contributed by atoms with Crippen LogP contribution in [0, 0.1) is 0 Å². The Morgan fingerprint density at radius 3 is 2.75 bits per heavy atom. The van der Waals surface area contributed by atoms with Crippen molar-refractivity contribution in [3.05, 3.63) is 23.8 Å². The molecule has 1 unspecified atom stereocenters. The fourth-order valence-electron chi connectivity index (χ4n) is 2.76. The zero-order valence-corrected chi connectivity index (χ0v) is 14.0. The number of carboxylic acid groups (broad SMARTS) is 1. The number of hydrogen-bond acceptors (Lipinski definition) is 4. The second-order valence-electron chi connectivity index (χ2n) is 5.84. The normalized spacial score (nSPS) is 14.8. The summed E-state index contributed by atoms with van der Waals surface area (Å²) in [5, 5.41) is 15.0. The summed E-state index contributed by atoms with van der Waals surface area (Å²) in [6.45, 7) is 4.15. The van der Waals surface area contributed by atoms with Gasteiger partial charge >= 0.3 is 5.97 Å². The number of hydrogen-bond donors (Lipinski definition) is 3. The molecule has 0 aromatic heterocycles. The molecule has 0 saturated heterocycles. The molecule has 2 amide bonds. The van der Waals surface area contributed by atoms with Crippen molar-refractivity contribution in [3.63, 3.8) is 0 Å². The van der Waals surface area contributed by atoms with Crippen LogP contribution >= 0.6 is 0 Å². The minimum absolute atomic E-state index is 0.0769. The van der Waals surface area contributed by atoms with Gasteiger partial charge in [0.05, 0.1) is 23.5 Å². The molecule has 0 saturated carbocycles. The molecule has 1 atom stereocenters. The molecule has 0 aliphatic carbocycles. The number of fused-ring (bicyclic) bond motifs is 1. The zero-order chi connectivity index (χ0) is 17.7. The monoisotopic (exact) mass is 333 g/mol. The molecule has 3 N–H and O–H groups in total. The topological polar surface area (TPSA) is 98.7 Å². The predicted octanol–water partition coefficient (Wildman–Crippen LogP) is 1.84. The second-order valence-corrected chi connectivity index (χ2v) is 5.84. The minimum atomic E-state index is -1.07. The molecular formula is C17H23N3O4. The Kier molecular flexibility index (Phi) is 5.92. The van der Waals surface area contributed by atoms with Crippen LogP contribution in [0.5, 0.6) is 0 Å². The predicted molar refractivity (Wildman–Crippen MR) is 91.4 cm³/mol. The van der Waals surface area contributed by atoms with Crippen LogP contribution < -0.4 is 15.5 Å². The zero-order valence-electron chi connectivity index (χ0n) is 14.0. The summed E-state index contributed by atoms with van der Waals surface area (Å²) >= 11 is 0. The summed E-state index contributed by atoms with van der Waals surface area (Å²) in [4.78, 5) is 36.9. The highest BCUT2D eigenvalue weighted by Crippen LogP contribution is 2.30. The van der Waals surface area contributed by atoms with Crippen molar-refractivity contribution in [1.82, 2.24) is 5.32 Å². The molecule has 1 aromatic carbocycles. The first kappa shape index (κ1) is 17.9. The number of carboxylic acids is 1. The summed E-state index contributed by atoms with van der Waals surface area (Å²) in [6.07, 6.45) is 2.92. The van der Waals surface area contributed by atoms with Crippen LogP contribution in [-0.2, 0) is 9.59 Å². The molecule has 0 bridgehead atoms. The van der Waals surface area contributed by atoms with Crippen LogP contribution in [0.25, 0.3) is 0 Å². The van der Waals surface area contributed by atoms with Gasteiger partial charge in [-0.25, -0.2) is 4.79 Å². The van der Waals surface area contributed by atoms with Crippen LogP contribution in [0.15, 0.2) is 18.2 Å². The van der Waals surface area contributed by atoms with E-state index in [2.05, 4.69) is 24.5 Å². The van der Waals surface area contributed by atoms with Crippen molar-refractivity contribution in [2.75, 3.05) is 23.3 Å². The Balaban J connectivity index is 2.18. The number of amides is 2. The lowest BCUT2D eigenvalue weighted by molar-refractivity contribution is -0.121. The molecule has 7 heteroatoms. The highest BCUT2D eigenvalue weighted by molar-refractivity contribution is 6.11. The molecule has 24 heavy (non-hydrogen) atoms. The Labute approximate surface area is 141 Å². The molecule has 1 aliphatic rings. The van der Waals surface area contributed by atoms with Crippen LogP contribution in [0.2, 0.25) is 0 Å². The molecule has 130 valence electrons. The first-order valence-corrected chi connectivity index (χ1v) is 8.17. The fraction of sp³-hybridized carbons (Fsp3) is 0.471. The lowest BCUT2D eigenvalue weighted by Gasteiger charge is -2.30. The van der Waals surface area contributed by atoms with Gasteiger partial charge in [-0.05, 0) is 31.0 Å². The van der Waals surface area contributed by atoms with Gasteiger partial charge in [0.25, 0.3) is 0 Å². The number of aromatic carboxylic acids is 1. The van der Waals surface area contributed by atoms with E-state index in [4.69, 9.17) is 5.11 Å². The number of benzene rings is 1. The average molecular weight is 333 g/mol. The van der Waals surface area contributed by atoms with Crippen LogP contribution in [-0.4, -0.2) is 42.0 Å². The van der Waals surface area contributed by atoms with E-state index in [0.717, 1.165) is 19.3 Å². The number of rotatable bonds is 7. The van der Waals surface area contributed by atoms with Crippen molar-refractivity contribution in [2.24, 2.45) is 0 Å². The van der Waals surface area contributed by atoms with E-state index < -0.39 is 5.97 Å². The average Bonchev–Trinajstić information content (AvgIpc) is 2.56. The Morgan fingerprint density at radius 2 is 2.12 bits per heavy atom. The van der Waals surface area contributed by atoms with E-state index in [1.54, 1.807) is 0 Å². The molecule has 1 aromatic rings. The Bertz CT molecular complexity index is 645. The van der Waals surface area contributed by atoms with Gasteiger partial charge in [0.15, 0.2) is 0 Å². The van der Waals surface area contributed by atoms with E-state index in [9.17, 15) is 14.4 Å². The lowest BCUT2D eigenvalue weighted by atomic mass is 10.1. The van der Waals surface area contributed by atoms with Gasteiger partial charge in [-0.15, -0.1) is 0 Å². The molecular weight excluding hydrogens is 310 g/mol. The molecule has 0 spiro atoms. The Hall–Kier alpha value is -2.41. The quantitative estimate of drug-likeness (QED) is 0.707. The first-order chi connectivity index (χ1) is 11.5. The highest BCUT2D eigenvalue weighted by atomic mass is 16.4. The number of anilines is 2. The van der Waals surface area contributed by atoms with Gasteiger partial charge in [0.1, 0.15) is 6.54 Å². The standard InChI is InChI=1S/C17H23N3O4/c1-3-5-12(4-2)18-9-16(22)20-10-15(21)19-13-7-6-11(17(23)24)8-14(13)20/h6-8,12,18H,3-5,9-10H2,1-2H3,(H,19,21)(H,23,24). The van der Waals surface area contributed by atoms with Crippen molar-refractivity contribution >= 4 is 29.2 Å². The van der Waals surface area contributed by atoms with Gasteiger partial charge in [-0.1, -0.05) is 20.3 Å². The third-order valence-corrected chi connectivity index (χ3v) is 4.08. The van der Waals surface area contributed by atoms with Gasteiger partial charge in [0.2, 0.25) is 11.8 Å². The van der Waals surface area contributed by atoms with Gasteiger partial charge in [-0.3, -0.25) is 14.5 Å². The summed E-state index contributed by atoms with van der Waals surface area (Å²) in [7, 11) is 0. The van der Waals surface area contributed by atoms with Crippen LogP contribution in [0.1, 0.15) is 43.5 Å². The van der Waals surface area contributed by atoms with E-state index >= 15 is 0 Å². The summed E-state index contributed by atoms with van der Waals surface area (Å²) < 4.78 is 0. The summed E-state index contributed by atoms with van der Waals surface area (Å²) in [6, 6.07) is 4.58. The van der Waals surface area contributed by atoms with E-state index in [1.165, 1.54) is 23.1 Å². The summed E-state index contributed by atoms with van der Waals surface area (Å²) in [5.41, 5.74) is 0.947. The van der Waals surface area contributed by atoms with Crippen molar-refractivity contribution in [2.45, 2.75) is 39.2 Å². The van der Waals surface area contributed by atoms with E-state index in [1.807, 2.05) is 0 Å². The van der Waals surface area contributed by atoms with Crippen molar-refractivity contribution < 1.29 is 19.5 Å². The van der Waals surface area contributed by atoms with E-state index in [0.29, 0.717) is 11.4 Å². The smallest absolute Gasteiger partial charge is 0.335 e. The van der Waals surface area contributed by atoms with Gasteiger partial charge < -0.3 is 15.7 Å². The second kappa shape index (κ2) is 7.92. The van der Waals surface area contributed by atoms with Gasteiger partial charge in [0, 0.05) is 6.04 Å². The van der Waals surface area contributed by atoms with Crippen molar-refractivity contribution in [3.8, 4) is 0 Å². The number of carbonyl (C=O) groups is 3. The molecule has 0 radical (unpaired) electrons. The molecule has 2 rings (SSSR count). The maximum atomic E-state index is 12.5. The SMILES string of the molecule is CCCC(CC)NCC(=O)N1CC(=O)Nc2ccc(C(=O)O)cc21. The summed E-state index contributed by atoms with van der Waals surface area (Å²) in [5.74, 6) is -1.61. The molecule has 1 heterocycles. The largest absolute Gasteiger partial charge is 0.478 e. The van der Waals surface area contributed by atoms with Crippen LogP contribution in [0.3, 0.4) is 0 Å². The number of nitrogens with one attached hydrogen (secondary N) is 2. The first-order valence-electron chi connectivity index (χ1n) is 8.17. The maximum Gasteiger partial charge on any atom is 0.335 e. The van der Waals surface area contributed by atoms with E-state index in [-0.39, 0.29) is 36.5 Å². The fourth-order valence-corrected chi connectivity index (χ4v) is 2.76. The molecule has 0 fully saturated rings. The lowest BCUT2D eigenvalue weighted by Crippen LogP contribution is -2.47.